The van der Waals surface area contributed by atoms with Crippen LogP contribution in [0.3, 0.4) is 0 Å². The average molecular weight is 238 g/mol. The van der Waals surface area contributed by atoms with E-state index in [1.165, 1.54) is 0 Å². The van der Waals surface area contributed by atoms with E-state index in [1.54, 1.807) is 0 Å². The fraction of sp³-hybridized carbons (Fsp3) is 0.417. The molecule has 0 bridgehead atoms. The van der Waals surface area contributed by atoms with Gasteiger partial charge in [0.15, 0.2) is 8.32 Å². The third-order valence-electron chi connectivity index (χ3n) is 2.03. The highest BCUT2D eigenvalue weighted by atomic mass is 28.4. The van der Waals surface area contributed by atoms with Crippen molar-refractivity contribution in [1.82, 2.24) is 0 Å². The van der Waals surface area contributed by atoms with Crippen molar-refractivity contribution in [3.05, 3.63) is 35.9 Å². The van der Waals surface area contributed by atoms with Gasteiger partial charge in [-0.3, -0.25) is 4.79 Å². The molecule has 0 fully saturated rings. The number of hydrogen-bond acceptors (Lipinski definition) is 2. The van der Waals surface area contributed by atoms with Gasteiger partial charge >= 0.3 is 5.97 Å². The molecule has 1 N–H and O–H groups in total. The molecule has 0 saturated carbocycles. The molecule has 0 heterocycles. The summed E-state index contributed by atoms with van der Waals surface area (Å²) in [7, 11) is -1.73. The second kappa shape index (κ2) is 5.27. The van der Waals surface area contributed by atoms with Crippen molar-refractivity contribution in [2.45, 2.75) is 32.2 Å². The number of carboxylic acid groups (broad SMARTS) is 1. The SMILES string of the molecule is C[Si](C)(C)OC(CC(=O)O)c1ccccc1. The molecule has 3 nitrogen and oxygen atoms in total. The maximum atomic E-state index is 10.8. The number of rotatable bonds is 5. The molecule has 88 valence electrons. The van der Waals surface area contributed by atoms with Crippen LogP contribution in [0.2, 0.25) is 19.6 Å². The van der Waals surface area contributed by atoms with E-state index < -0.39 is 14.3 Å². The molecule has 0 amide bonds. The summed E-state index contributed by atoms with van der Waals surface area (Å²) in [4.78, 5) is 10.8. The van der Waals surface area contributed by atoms with E-state index in [-0.39, 0.29) is 12.5 Å². The average Bonchev–Trinajstić information content (AvgIpc) is 2.15. The topological polar surface area (TPSA) is 46.5 Å². The lowest BCUT2D eigenvalue weighted by Crippen LogP contribution is -2.29. The molecule has 16 heavy (non-hydrogen) atoms. The van der Waals surface area contributed by atoms with Gasteiger partial charge < -0.3 is 9.53 Å². The summed E-state index contributed by atoms with van der Waals surface area (Å²) in [6.45, 7) is 6.18. The zero-order valence-electron chi connectivity index (χ0n) is 9.93. The fourth-order valence-corrected chi connectivity index (χ4v) is 2.55. The molecule has 0 aliphatic heterocycles. The molecular weight excluding hydrogens is 220 g/mol. The van der Waals surface area contributed by atoms with E-state index in [0.29, 0.717) is 0 Å². The van der Waals surface area contributed by atoms with Gasteiger partial charge in [0.25, 0.3) is 0 Å². The van der Waals surface area contributed by atoms with Crippen LogP contribution in [0.5, 0.6) is 0 Å². The molecule has 0 saturated heterocycles. The van der Waals surface area contributed by atoms with Crippen LogP contribution in [-0.2, 0) is 9.22 Å². The summed E-state index contributed by atoms with van der Waals surface area (Å²) in [5, 5.41) is 8.88. The van der Waals surface area contributed by atoms with E-state index in [1.807, 2.05) is 30.3 Å². The number of aliphatic carboxylic acids is 1. The van der Waals surface area contributed by atoms with Crippen LogP contribution >= 0.6 is 0 Å². The lowest BCUT2D eigenvalue weighted by Gasteiger charge is -2.25. The van der Waals surface area contributed by atoms with E-state index in [0.717, 1.165) is 5.56 Å². The minimum atomic E-state index is -1.73. The normalized spacial score (nSPS) is 13.4. The standard InChI is InChI=1S/C12H18O3Si/c1-16(2,3)15-11(9-12(13)14)10-7-5-4-6-8-10/h4-8,11H,9H2,1-3H3,(H,13,14). The van der Waals surface area contributed by atoms with Gasteiger partial charge in [0, 0.05) is 0 Å². The molecule has 1 atom stereocenters. The van der Waals surface area contributed by atoms with Crippen LogP contribution in [-0.4, -0.2) is 19.4 Å². The minimum absolute atomic E-state index is 0.0221. The first-order chi connectivity index (χ1) is 7.38. The van der Waals surface area contributed by atoms with Crippen LogP contribution in [0.15, 0.2) is 30.3 Å². The van der Waals surface area contributed by atoms with Crippen LogP contribution < -0.4 is 0 Å². The van der Waals surface area contributed by atoms with E-state index >= 15 is 0 Å². The van der Waals surface area contributed by atoms with Gasteiger partial charge in [-0.05, 0) is 25.2 Å². The van der Waals surface area contributed by atoms with Crippen LogP contribution in [0.25, 0.3) is 0 Å². The molecule has 1 unspecified atom stereocenters. The molecular formula is C12H18O3Si. The van der Waals surface area contributed by atoms with Crippen molar-refractivity contribution < 1.29 is 14.3 Å². The predicted octanol–water partition coefficient (Wildman–Crippen LogP) is 3.05. The first kappa shape index (κ1) is 12.9. The monoisotopic (exact) mass is 238 g/mol. The van der Waals surface area contributed by atoms with Gasteiger partial charge in [-0.2, -0.15) is 0 Å². The lowest BCUT2D eigenvalue weighted by molar-refractivity contribution is -0.139. The van der Waals surface area contributed by atoms with Crippen molar-refractivity contribution in [2.24, 2.45) is 0 Å². The van der Waals surface area contributed by atoms with Gasteiger partial charge in [0.1, 0.15) is 0 Å². The van der Waals surface area contributed by atoms with Crippen LogP contribution in [0.1, 0.15) is 18.1 Å². The zero-order valence-corrected chi connectivity index (χ0v) is 10.9. The van der Waals surface area contributed by atoms with Crippen LogP contribution in [0, 0.1) is 0 Å². The summed E-state index contributed by atoms with van der Waals surface area (Å²) >= 11 is 0. The van der Waals surface area contributed by atoms with Gasteiger partial charge in [0.05, 0.1) is 12.5 Å². The number of carbonyl (C=O) groups is 1. The fourth-order valence-electron chi connectivity index (χ4n) is 1.48. The Morgan fingerprint density at radius 3 is 2.31 bits per heavy atom. The molecule has 0 aromatic heterocycles. The van der Waals surface area contributed by atoms with Crippen molar-refractivity contribution in [3.63, 3.8) is 0 Å². The quantitative estimate of drug-likeness (QED) is 0.802. The first-order valence-corrected chi connectivity index (χ1v) is 8.74. The summed E-state index contributed by atoms with van der Waals surface area (Å²) < 4.78 is 5.89. The van der Waals surface area contributed by atoms with E-state index in [4.69, 9.17) is 9.53 Å². The summed E-state index contributed by atoms with van der Waals surface area (Å²) in [6, 6.07) is 9.53. The van der Waals surface area contributed by atoms with Crippen LogP contribution in [0.4, 0.5) is 0 Å². The predicted molar refractivity (Wildman–Crippen MR) is 65.9 cm³/mol. The second-order valence-corrected chi connectivity index (χ2v) is 9.19. The Bertz CT molecular complexity index is 343. The van der Waals surface area contributed by atoms with Gasteiger partial charge in [-0.15, -0.1) is 0 Å². The Kier molecular flexibility index (Phi) is 4.26. The molecule has 4 heteroatoms. The Balaban J connectivity index is 2.84. The molecule has 0 spiro atoms. The molecule has 1 aromatic carbocycles. The maximum absolute atomic E-state index is 10.8. The highest BCUT2D eigenvalue weighted by Gasteiger charge is 2.24. The van der Waals surface area contributed by atoms with Crippen molar-refractivity contribution in [3.8, 4) is 0 Å². The smallest absolute Gasteiger partial charge is 0.306 e. The summed E-state index contributed by atoms with van der Waals surface area (Å²) in [5.74, 6) is -0.827. The van der Waals surface area contributed by atoms with Crippen molar-refractivity contribution in [2.75, 3.05) is 0 Å². The Morgan fingerprint density at radius 1 is 1.31 bits per heavy atom. The van der Waals surface area contributed by atoms with Gasteiger partial charge in [-0.1, -0.05) is 30.3 Å². The summed E-state index contributed by atoms with van der Waals surface area (Å²) in [5.41, 5.74) is 0.937. The Morgan fingerprint density at radius 2 is 1.88 bits per heavy atom. The van der Waals surface area contributed by atoms with Crippen molar-refractivity contribution in [1.29, 1.82) is 0 Å². The second-order valence-electron chi connectivity index (χ2n) is 4.73. The molecule has 0 aliphatic rings. The molecule has 1 rings (SSSR count). The van der Waals surface area contributed by atoms with E-state index in [2.05, 4.69) is 19.6 Å². The third-order valence-corrected chi connectivity index (χ3v) is 3.02. The Hall–Kier alpha value is -1.13. The van der Waals surface area contributed by atoms with E-state index in [9.17, 15) is 4.79 Å². The van der Waals surface area contributed by atoms with Gasteiger partial charge in [-0.25, -0.2) is 0 Å². The maximum Gasteiger partial charge on any atom is 0.306 e. The number of hydrogen-bond donors (Lipinski definition) is 1. The Labute approximate surface area is 97.2 Å². The largest absolute Gasteiger partial charge is 0.481 e. The molecule has 1 aromatic rings. The minimum Gasteiger partial charge on any atom is -0.481 e. The third kappa shape index (κ3) is 4.59. The lowest BCUT2D eigenvalue weighted by atomic mass is 10.1. The first-order valence-electron chi connectivity index (χ1n) is 5.33. The number of benzene rings is 1. The molecule has 0 radical (unpaired) electrons. The van der Waals surface area contributed by atoms with Gasteiger partial charge in [0.2, 0.25) is 0 Å². The summed E-state index contributed by atoms with van der Waals surface area (Å²) in [6.07, 6.45) is -0.306. The van der Waals surface area contributed by atoms with Crippen molar-refractivity contribution >= 4 is 14.3 Å². The highest BCUT2D eigenvalue weighted by molar-refractivity contribution is 6.69. The zero-order chi connectivity index (χ0) is 12.2. The number of carboxylic acids is 1. The molecule has 0 aliphatic carbocycles. The highest BCUT2D eigenvalue weighted by Crippen LogP contribution is 2.25.